The fourth-order valence-electron chi connectivity index (χ4n) is 7.06. The van der Waals surface area contributed by atoms with Crippen molar-refractivity contribution in [1.82, 2.24) is 20.4 Å². The van der Waals surface area contributed by atoms with Crippen LogP contribution in [-0.4, -0.2) is 106 Å². The molecule has 1 heterocycles. The third-order valence-corrected chi connectivity index (χ3v) is 8.02. The summed E-state index contributed by atoms with van der Waals surface area (Å²) in [6, 6.07) is 0.0287. The maximum atomic E-state index is 13.3. The maximum absolute atomic E-state index is 13.3. The molecule has 1 aliphatic rings. The molecule has 1 rings (SSSR count). The molecule has 43 heavy (non-hydrogen) atoms. The summed E-state index contributed by atoms with van der Waals surface area (Å²) in [6.45, 7) is 20.6. The fourth-order valence-corrected chi connectivity index (χ4v) is 7.06. The number of amides is 3. The SMILES string of the molecule is COC[C@@H]1C[C@@H](OC)CN1C(=O)CC(C)(C)CC(C)(C)CNC(=O)CN(C)CC(=O)NCC(C)(C)CC(C)(C)CC(C)=O. The number of carbonyl (C=O) groups is 4. The zero-order valence-electron chi connectivity index (χ0n) is 29.3. The topological polar surface area (TPSA) is 117 Å². The van der Waals surface area contributed by atoms with Crippen LogP contribution in [0.15, 0.2) is 0 Å². The van der Waals surface area contributed by atoms with Crippen molar-refractivity contribution >= 4 is 23.5 Å². The maximum Gasteiger partial charge on any atom is 0.234 e. The van der Waals surface area contributed by atoms with Crippen molar-refractivity contribution in [2.75, 3.05) is 60.6 Å². The van der Waals surface area contributed by atoms with Crippen molar-refractivity contribution in [3.8, 4) is 0 Å². The van der Waals surface area contributed by atoms with Gasteiger partial charge in [0.2, 0.25) is 17.7 Å². The minimum absolute atomic E-state index is 0.0287. The second-order valence-corrected chi connectivity index (χ2v) is 16.0. The van der Waals surface area contributed by atoms with Gasteiger partial charge in [0.1, 0.15) is 5.78 Å². The van der Waals surface area contributed by atoms with E-state index in [4.69, 9.17) is 9.47 Å². The fraction of sp³-hybridized carbons (Fsp3) is 0.879. The molecule has 0 aromatic heterocycles. The van der Waals surface area contributed by atoms with Crippen LogP contribution in [0.2, 0.25) is 0 Å². The first-order valence-electron chi connectivity index (χ1n) is 15.6. The van der Waals surface area contributed by atoms with Gasteiger partial charge in [-0.15, -0.1) is 0 Å². The van der Waals surface area contributed by atoms with E-state index >= 15 is 0 Å². The average Bonchev–Trinajstić information content (AvgIpc) is 3.22. The molecule has 0 unspecified atom stereocenters. The lowest BCUT2D eigenvalue weighted by molar-refractivity contribution is -0.136. The van der Waals surface area contributed by atoms with Gasteiger partial charge in [-0.05, 0) is 54.9 Å². The Morgan fingerprint density at radius 3 is 1.67 bits per heavy atom. The van der Waals surface area contributed by atoms with Gasteiger partial charge < -0.3 is 29.8 Å². The molecule has 0 aromatic rings. The molecule has 1 aliphatic heterocycles. The number of likely N-dealkylation sites (N-methyl/N-ethyl adjacent to an activating group) is 1. The van der Waals surface area contributed by atoms with E-state index in [0.29, 0.717) is 39.1 Å². The minimum atomic E-state index is -0.266. The van der Waals surface area contributed by atoms with Gasteiger partial charge in [0.25, 0.3) is 0 Å². The number of methoxy groups -OCH3 is 2. The molecule has 2 N–H and O–H groups in total. The monoisotopic (exact) mass is 610 g/mol. The number of ether oxygens (including phenoxy) is 2. The number of Topliss-reactive ketones (excluding diaryl/α,β-unsaturated/α-hetero) is 1. The molecule has 0 aliphatic carbocycles. The summed E-state index contributed by atoms with van der Waals surface area (Å²) in [5.74, 6) is -0.00733. The second-order valence-electron chi connectivity index (χ2n) is 16.0. The molecule has 2 atom stereocenters. The Hall–Kier alpha value is -2.04. The number of likely N-dealkylation sites (tertiary alicyclic amines) is 1. The molecule has 0 radical (unpaired) electrons. The molecule has 0 spiro atoms. The van der Waals surface area contributed by atoms with Crippen LogP contribution >= 0.6 is 0 Å². The lowest BCUT2D eigenvalue weighted by Crippen LogP contribution is -2.45. The highest BCUT2D eigenvalue weighted by molar-refractivity contribution is 5.81. The normalized spacial score (nSPS) is 18.2. The predicted octanol–water partition coefficient (Wildman–Crippen LogP) is 3.67. The number of carbonyl (C=O) groups excluding carboxylic acids is 4. The van der Waals surface area contributed by atoms with Gasteiger partial charge in [0.05, 0.1) is 31.8 Å². The van der Waals surface area contributed by atoms with E-state index in [2.05, 4.69) is 66.0 Å². The molecule has 10 heteroatoms. The van der Waals surface area contributed by atoms with Crippen LogP contribution in [0, 0.1) is 21.7 Å². The number of hydrogen-bond donors (Lipinski definition) is 2. The first kappa shape index (κ1) is 39.0. The van der Waals surface area contributed by atoms with Crippen LogP contribution in [0.5, 0.6) is 0 Å². The third kappa shape index (κ3) is 15.5. The van der Waals surface area contributed by atoms with Crippen molar-refractivity contribution in [2.45, 2.75) is 107 Å². The molecule has 1 saturated heterocycles. The lowest BCUT2D eigenvalue weighted by atomic mass is 9.72. The molecule has 3 amide bonds. The standard InChI is InChI=1S/C33H62N4O6/c1-24(38)14-30(2,3)20-32(6,7)22-34-27(39)17-36(10)18-28(40)35-23-33(8,9)21-31(4,5)15-29(41)37-16-26(43-12)13-25(37)19-42-11/h25-26H,13-23H2,1-12H3,(H,34,39)(H,35,40)/t25-,26+/m0/s1. The summed E-state index contributed by atoms with van der Waals surface area (Å²) in [5.41, 5.74) is -0.801. The first-order chi connectivity index (χ1) is 19.6. The Labute approximate surface area is 261 Å². The van der Waals surface area contributed by atoms with Crippen molar-refractivity contribution in [3.63, 3.8) is 0 Å². The van der Waals surface area contributed by atoms with Crippen molar-refractivity contribution in [3.05, 3.63) is 0 Å². The summed E-state index contributed by atoms with van der Waals surface area (Å²) in [6.07, 6.45) is 3.29. The van der Waals surface area contributed by atoms with Crippen LogP contribution in [0.1, 0.15) is 94.4 Å². The zero-order chi connectivity index (χ0) is 33.2. The molecule has 10 nitrogen and oxygen atoms in total. The minimum Gasteiger partial charge on any atom is -0.383 e. The molecule has 1 fully saturated rings. The predicted molar refractivity (Wildman–Crippen MR) is 171 cm³/mol. The molecule has 0 saturated carbocycles. The lowest BCUT2D eigenvalue weighted by Gasteiger charge is -2.36. The van der Waals surface area contributed by atoms with Gasteiger partial charge in [-0.3, -0.25) is 19.3 Å². The van der Waals surface area contributed by atoms with Gasteiger partial charge in [0.15, 0.2) is 0 Å². The average molecular weight is 611 g/mol. The van der Waals surface area contributed by atoms with Gasteiger partial charge in [-0.1, -0.05) is 55.4 Å². The zero-order valence-corrected chi connectivity index (χ0v) is 29.3. The number of nitrogens with one attached hydrogen (secondary N) is 2. The smallest absolute Gasteiger partial charge is 0.234 e. The van der Waals surface area contributed by atoms with Gasteiger partial charge in [-0.25, -0.2) is 0 Å². The van der Waals surface area contributed by atoms with Gasteiger partial charge in [-0.2, -0.15) is 0 Å². The number of rotatable bonds is 19. The number of hydrogen-bond acceptors (Lipinski definition) is 7. The summed E-state index contributed by atoms with van der Waals surface area (Å²) in [7, 11) is 5.09. The van der Waals surface area contributed by atoms with E-state index in [9.17, 15) is 19.2 Å². The van der Waals surface area contributed by atoms with Crippen LogP contribution in [0.25, 0.3) is 0 Å². The second kappa shape index (κ2) is 16.3. The Kier molecular flexibility index (Phi) is 14.8. The van der Waals surface area contributed by atoms with Gasteiger partial charge >= 0.3 is 0 Å². The Balaban J connectivity index is 2.51. The molecule has 0 aromatic carbocycles. The summed E-state index contributed by atoms with van der Waals surface area (Å²) >= 11 is 0. The van der Waals surface area contributed by atoms with Gasteiger partial charge in [0, 0.05) is 46.7 Å². The molecule has 0 bridgehead atoms. The van der Waals surface area contributed by atoms with E-state index in [1.807, 2.05) is 4.90 Å². The molecular weight excluding hydrogens is 548 g/mol. The van der Waals surface area contributed by atoms with Crippen molar-refractivity contribution < 1.29 is 28.7 Å². The van der Waals surface area contributed by atoms with Crippen molar-refractivity contribution in [2.24, 2.45) is 21.7 Å². The van der Waals surface area contributed by atoms with E-state index in [1.54, 1.807) is 33.1 Å². The number of nitrogens with zero attached hydrogens (tertiary/aromatic N) is 2. The highest BCUT2D eigenvalue weighted by Gasteiger charge is 2.39. The number of ketones is 1. The third-order valence-electron chi connectivity index (χ3n) is 8.02. The highest BCUT2D eigenvalue weighted by atomic mass is 16.5. The first-order valence-corrected chi connectivity index (χ1v) is 15.6. The Morgan fingerprint density at radius 1 is 0.791 bits per heavy atom. The van der Waals surface area contributed by atoms with E-state index < -0.39 is 0 Å². The summed E-state index contributed by atoms with van der Waals surface area (Å²) < 4.78 is 10.8. The summed E-state index contributed by atoms with van der Waals surface area (Å²) in [4.78, 5) is 53.8. The Bertz CT molecular complexity index is 946. The van der Waals surface area contributed by atoms with Crippen LogP contribution < -0.4 is 10.6 Å². The van der Waals surface area contributed by atoms with E-state index in [1.165, 1.54) is 0 Å². The van der Waals surface area contributed by atoms with Crippen molar-refractivity contribution in [1.29, 1.82) is 0 Å². The van der Waals surface area contributed by atoms with E-state index in [-0.39, 0.29) is 70.4 Å². The molecular formula is C33H62N4O6. The van der Waals surface area contributed by atoms with Crippen LogP contribution in [-0.2, 0) is 28.7 Å². The largest absolute Gasteiger partial charge is 0.383 e. The van der Waals surface area contributed by atoms with Crippen LogP contribution in [0.4, 0.5) is 0 Å². The Morgan fingerprint density at radius 2 is 1.26 bits per heavy atom. The summed E-state index contributed by atoms with van der Waals surface area (Å²) in [5, 5.41) is 6.02. The highest BCUT2D eigenvalue weighted by Crippen LogP contribution is 2.38. The molecule has 250 valence electrons. The van der Waals surface area contributed by atoms with Crippen LogP contribution in [0.3, 0.4) is 0 Å². The van der Waals surface area contributed by atoms with E-state index in [0.717, 1.165) is 19.3 Å². The quantitative estimate of drug-likeness (QED) is 0.229.